The van der Waals surface area contributed by atoms with Crippen LogP contribution in [0.2, 0.25) is 5.02 Å². The van der Waals surface area contributed by atoms with Crippen LogP contribution in [0, 0.1) is 0 Å². The van der Waals surface area contributed by atoms with Gasteiger partial charge in [-0.25, -0.2) is 0 Å². The molecule has 0 saturated carbocycles. The largest absolute Gasteiger partial charge is 0.364 e. The van der Waals surface area contributed by atoms with Gasteiger partial charge < -0.3 is 15.0 Å². The first kappa shape index (κ1) is 13.5. The molecule has 6 heteroatoms. The van der Waals surface area contributed by atoms with Crippen LogP contribution in [0.15, 0.2) is 28.8 Å². The van der Waals surface area contributed by atoms with Gasteiger partial charge in [0, 0.05) is 18.0 Å². The van der Waals surface area contributed by atoms with E-state index in [1.54, 1.807) is 0 Å². The lowest BCUT2D eigenvalue weighted by Crippen LogP contribution is -2.18. The first-order valence-corrected chi connectivity index (χ1v) is 7.05. The molecule has 2 atom stereocenters. The van der Waals surface area contributed by atoms with Crippen molar-refractivity contribution >= 4 is 11.6 Å². The molecule has 2 aromatic rings. The summed E-state index contributed by atoms with van der Waals surface area (Å²) in [7, 11) is 0. The first-order valence-electron chi connectivity index (χ1n) is 6.67. The molecule has 5 nitrogen and oxygen atoms in total. The van der Waals surface area contributed by atoms with E-state index in [4.69, 9.17) is 26.6 Å². The zero-order chi connectivity index (χ0) is 13.9. The second kappa shape index (κ2) is 5.91. The molecule has 106 valence electrons. The molecule has 2 heterocycles. The highest BCUT2D eigenvalue weighted by Gasteiger charge is 2.29. The Balaban J connectivity index is 1.70. The molecule has 0 unspecified atom stereocenters. The minimum absolute atomic E-state index is 0.0962. The van der Waals surface area contributed by atoms with Crippen molar-refractivity contribution in [3.8, 4) is 0 Å². The second-order valence-corrected chi connectivity index (χ2v) is 5.28. The summed E-state index contributed by atoms with van der Waals surface area (Å²) in [6.45, 7) is 0.525. The molecule has 0 bridgehead atoms. The molecule has 20 heavy (non-hydrogen) atoms. The number of ether oxygens (including phenoxy) is 1. The van der Waals surface area contributed by atoms with E-state index in [0.29, 0.717) is 29.7 Å². The van der Waals surface area contributed by atoms with Crippen LogP contribution in [-0.2, 0) is 11.2 Å². The average molecular weight is 294 g/mol. The van der Waals surface area contributed by atoms with Gasteiger partial charge in [0.1, 0.15) is 6.10 Å². The van der Waals surface area contributed by atoms with Crippen molar-refractivity contribution in [3.05, 3.63) is 46.6 Å². The van der Waals surface area contributed by atoms with Gasteiger partial charge in [-0.15, -0.1) is 0 Å². The van der Waals surface area contributed by atoms with Crippen molar-refractivity contribution in [1.29, 1.82) is 0 Å². The third-order valence-corrected chi connectivity index (χ3v) is 3.80. The van der Waals surface area contributed by atoms with Gasteiger partial charge in [-0.2, -0.15) is 4.98 Å². The van der Waals surface area contributed by atoms with Crippen molar-refractivity contribution in [2.75, 3.05) is 6.54 Å². The SMILES string of the molecule is NC[C@H]1CC[C@@H](c2nc(Cc3ccccc3Cl)no2)O1. The van der Waals surface area contributed by atoms with Gasteiger partial charge in [-0.1, -0.05) is 35.0 Å². The summed E-state index contributed by atoms with van der Waals surface area (Å²) in [5, 5.41) is 4.70. The highest BCUT2D eigenvalue weighted by Crippen LogP contribution is 2.31. The van der Waals surface area contributed by atoms with Crippen LogP contribution in [-0.4, -0.2) is 22.8 Å². The molecule has 1 aliphatic heterocycles. The maximum atomic E-state index is 6.12. The fourth-order valence-electron chi connectivity index (χ4n) is 2.34. The molecule has 1 aromatic carbocycles. The lowest BCUT2D eigenvalue weighted by atomic mass is 10.1. The minimum atomic E-state index is -0.129. The summed E-state index contributed by atoms with van der Waals surface area (Å²) < 4.78 is 11.0. The van der Waals surface area contributed by atoms with Crippen molar-refractivity contribution < 1.29 is 9.26 Å². The smallest absolute Gasteiger partial charge is 0.255 e. The number of rotatable bonds is 4. The standard InChI is InChI=1S/C14H16ClN3O2/c15-11-4-2-1-3-9(11)7-13-17-14(20-18-13)12-6-5-10(8-16)19-12/h1-4,10,12H,5-8,16H2/t10-,12+/m1/s1. The van der Waals surface area contributed by atoms with Gasteiger partial charge in [-0.05, 0) is 24.5 Å². The minimum Gasteiger partial charge on any atom is -0.364 e. The van der Waals surface area contributed by atoms with E-state index in [1.165, 1.54) is 0 Å². The van der Waals surface area contributed by atoms with Crippen LogP contribution in [0.3, 0.4) is 0 Å². The van der Waals surface area contributed by atoms with Crippen molar-refractivity contribution in [2.45, 2.75) is 31.5 Å². The van der Waals surface area contributed by atoms with E-state index >= 15 is 0 Å². The first-order chi connectivity index (χ1) is 9.76. The number of nitrogens with zero attached hydrogens (tertiary/aromatic N) is 2. The maximum absolute atomic E-state index is 6.12. The molecule has 1 aliphatic rings. The molecule has 2 N–H and O–H groups in total. The number of benzene rings is 1. The predicted molar refractivity (Wildman–Crippen MR) is 74.5 cm³/mol. The topological polar surface area (TPSA) is 74.2 Å². The van der Waals surface area contributed by atoms with Crippen molar-refractivity contribution in [3.63, 3.8) is 0 Å². The fraction of sp³-hybridized carbons (Fsp3) is 0.429. The third kappa shape index (κ3) is 2.85. The van der Waals surface area contributed by atoms with E-state index < -0.39 is 0 Å². The number of halogens is 1. The van der Waals surface area contributed by atoms with Gasteiger partial charge in [0.15, 0.2) is 5.82 Å². The van der Waals surface area contributed by atoms with E-state index in [0.717, 1.165) is 18.4 Å². The van der Waals surface area contributed by atoms with Crippen LogP contribution in [0.1, 0.15) is 36.2 Å². The van der Waals surface area contributed by atoms with E-state index in [1.807, 2.05) is 24.3 Å². The number of nitrogens with two attached hydrogens (primary N) is 1. The molecule has 1 fully saturated rings. The zero-order valence-corrected chi connectivity index (χ0v) is 11.7. The summed E-state index contributed by atoms with van der Waals surface area (Å²) in [6.07, 6.45) is 2.32. The Morgan fingerprint density at radius 1 is 1.30 bits per heavy atom. The average Bonchev–Trinajstić information content (AvgIpc) is 3.10. The Labute approximate surface area is 122 Å². The zero-order valence-electron chi connectivity index (χ0n) is 11.0. The van der Waals surface area contributed by atoms with Crippen molar-refractivity contribution in [2.24, 2.45) is 5.73 Å². The van der Waals surface area contributed by atoms with Crippen LogP contribution < -0.4 is 5.73 Å². The normalized spacial score (nSPS) is 22.3. The highest BCUT2D eigenvalue weighted by molar-refractivity contribution is 6.31. The second-order valence-electron chi connectivity index (χ2n) is 4.88. The number of hydrogen-bond donors (Lipinski definition) is 1. The highest BCUT2D eigenvalue weighted by atomic mass is 35.5. The molecule has 0 aliphatic carbocycles. The number of hydrogen-bond acceptors (Lipinski definition) is 5. The summed E-state index contributed by atoms with van der Waals surface area (Å²) >= 11 is 6.12. The summed E-state index contributed by atoms with van der Waals surface area (Å²) in [4.78, 5) is 4.40. The maximum Gasteiger partial charge on any atom is 0.255 e. The molecule has 1 aromatic heterocycles. The van der Waals surface area contributed by atoms with Gasteiger partial charge in [0.25, 0.3) is 5.89 Å². The fourth-order valence-corrected chi connectivity index (χ4v) is 2.55. The molecule has 1 saturated heterocycles. The summed E-state index contributed by atoms with van der Waals surface area (Å²) in [6, 6.07) is 7.64. The van der Waals surface area contributed by atoms with Crippen LogP contribution in [0.25, 0.3) is 0 Å². The molecule has 0 radical (unpaired) electrons. The lowest BCUT2D eigenvalue weighted by Gasteiger charge is -2.07. The van der Waals surface area contributed by atoms with Crippen LogP contribution in [0.5, 0.6) is 0 Å². The Morgan fingerprint density at radius 3 is 2.90 bits per heavy atom. The third-order valence-electron chi connectivity index (χ3n) is 3.44. The van der Waals surface area contributed by atoms with Gasteiger partial charge in [0.05, 0.1) is 6.10 Å². The van der Waals surface area contributed by atoms with Gasteiger partial charge in [-0.3, -0.25) is 0 Å². The molecular formula is C14H16ClN3O2. The Hall–Kier alpha value is -1.43. The monoisotopic (exact) mass is 293 g/mol. The number of aromatic nitrogens is 2. The van der Waals surface area contributed by atoms with Gasteiger partial charge >= 0.3 is 0 Å². The van der Waals surface area contributed by atoms with E-state index in [9.17, 15) is 0 Å². The van der Waals surface area contributed by atoms with Crippen LogP contribution in [0.4, 0.5) is 0 Å². The predicted octanol–water partition coefficient (Wildman–Crippen LogP) is 2.49. The lowest BCUT2D eigenvalue weighted by molar-refractivity contribution is 0.0307. The molecule has 3 rings (SSSR count). The molecular weight excluding hydrogens is 278 g/mol. The van der Waals surface area contributed by atoms with Gasteiger partial charge in [0.2, 0.25) is 0 Å². The summed E-state index contributed by atoms with van der Waals surface area (Å²) in [5.41, 5.74) is 6.57. The van der Waals surface area contributed by atoms with Crippen LogP contribution >= 0.6 is 11.6 Å². The van der Waals surface area contributed by atoms with Crippen molar-refractivity contribution in [1.82, 2.24) is 10.1 Å². The Morgan fingerprint density at radius 2 is 2.15 bits per heavy atom. The molecule has 0 amide bonds. The van der Waals surface area contributed by atoms with E-state index in [2.05, 4.69) is 10.1 Å². The molecule has 0 spiro atoms. The Bertz CT molecular complexity index is 587. The quantitative estimate of drug-likeness (QED) is 0.937. The van der Waals surface area contributed by atoms with E-state index in [-0.39, 0.29) is 12.2 Å². The summed E-state index contributed by atoms with van der Waals surface area (Å²) in [5.74, 6) is 1.15. The Kier molecular flexibility index (Phi) is 4.00.